The minimum Gasteiger partial charge on any atom is -0.461 e. The molecule has 0 radical (unpaired) electrons. The molecule has 254 valence electrons. The summed E-state index contributed by atoms with van der Waals surface area (Å²) in [6.45, 7) is 12.1. The molecule has 4 aliphatic rings. The summed E-state index contributed by atoms with van der Waals surface area (Å²) >= 11 is 0. The van der Waals surface area contributed by atoms with Crippen LogP contribution in [0.4, 0.5) is 0 Å². The van der Waals surface area contributed by atoms with Gasteiger partial charge in [-0.1, -0.05) is 63.3 Å². The van der Waals surface area contributed by atoms with Crippen LogP contribution >= 0.6 is 0 Å². The molecule has 2 fully saturated rings. The third-order valence-corrected chi connectivity index (χ3v) is 10.7. The van der Waals surface area contributed by atoms with E-state index in [0.29, 0.717) is 11.1 Å². The lowest BCUT2D eigenvalue weighted by Crippen LogP contribution is -2.67. The second-order valence-electron chi connectivity index (χ2n) is 14.1. The monoisotopic (exact) mass is 652 g/mol. The number of carbonyl (C=O) groups excluding carboxylic acids is 5. The van der Waals surface area contributed by atoms with Gasteiger partial charge in [0.05, 0.1) is 17.9 Å². The molecule has 1 aromatic rings. The molecule has 5 rings (SSSR count). The third kappa shape index (κ3) is 5.46. The molecule has 0 amide bonds. The van der Waals surface area contributed by atoms with E-state index in [2.05, 4.69) is 0 Å². The van der Waals surface area contributed by atoms with Crippen LogP contribution in [0.1, 0.15) is 67.4 Å². The Morgan fingerprint density at radius 1 is 0.872 bits per heavy atom. The average Bonchev–Trinajstić information content (AvgIpc) is 3.36. The predicted molar refractivity (Wildman–Crippen MR) is 166 cm³/mol. The van der Waals surface area contributed by atoms with Crippen molar-refractivity contribution >= 4 is 29.8 Å². The summed E-state index contributed by atoms with van der Waals surface area (Å²) in [5.41, 5.74) is -3.64. The largest absolute Gasteiger partial charge is 0.461 e. The first kappa shape index (κ1) is 34.3. The smallest absolute Gasteiger partial charge is 0.310 e. The summed E-state index contributed by atoms with van der Waals surface area (Å²) < 4.78 is 29.8. The van der Waals surface area contributed by atoms with E-state index in [1.54, 1.807) is 19.9 Å². The SMILES string of the molecule is CC(=O)OC1C(C)=CC2C1(OC(C)=O)CC(COC(=O)Cc1ccccc1)=CC1C3C(C)(C)C3(OC(C)=O)C(OC(C)=O)C(C)C12O. The second kappa shape index (κ2) is 11.9. The van der Waals surface area contributed by atoms with Gasteiger partial charge in [0, 0.05) is 57.3 Å². The normalized spacial score (nSPS) is 36.1. The molecular weight excluding hydrogens is 608 g/mol. The maximum atomic E-state index is 13.2. The lowest BCUT2D eigenvalue weighted by atomic mass is 9.58. The lowest BCUT2D eigenvalue weighted by Gasteiger charge is -2.54. The van der Waals surface area contributed by atoms with Crippen LogP contribution in [-0.4, -0.2) is 70.6 Å². The molecule has 11 heteroatoms. The molecule has 0 heterocycles. The van der Waals surface area contributed by atoms with Gasteiger partial charge in [-0.25, -0.2) is 0 Å². The van der Waals surface area contributed by atoms with Crippen molar-refractivity contribution in [3.8, 4) is 0 Å². The Morgan fingerprint density at radius 2 is 1.49 bits per heavy atom. The topological polar surface area (TPSA) is 152 Å². The molecular formula is C36H44O11. The van der Waals surface area contributed by atoms with Crippen LogP contribution in [-0.2, 0) is 54.1 Å². The Labute approximate surface area is 274 Å². The highest BCUT2D eigenvalue weighted by Crippen LogP contribution is 2.77. The van der Waals surface area contributed by atoms with Gasteiger partial charge in [-0.15, -0.1) is 0 Å². The minimum absolute atomic E-state index is 0.0300. The number of hydrogen-bond acceptors (Lipinski definition) is 11. The quantitative estimate of drug-likeness (QED) is 0.248. The molecule has 0 saturated heterocycles. The van der Waals surface area contributed by atoms with Crippen molar-refractivity contribution in [3.05, 3.63) is 59.2 Å². The molecule has 9 atom stereocenters. The number of rotatable bonds is 8. The summed E-state index contributed by atoms with van der Waals surface area (Å²) in [7, 11) is 0. The fraction of sp³-hybridized carbons (Fsp3) is 0.583. The van der Waals surface area contributed by atoms with Gasteiger partial charge >= 0.3 is 29.8 Å². The predicted octanol–water partition coefficient (Wildman–Crippen LogP) is 3.80. The van der Waals surface area contributed by atoms with Crippen LogP contribution in [0.25, 0.3) is 0 Å². The van der Waals surface area contributed by atoms with Gasteiger partial charge in [-0.05, 0) is 23.6 Å². The van der Waals surface area contributed by atoms with Gasteiger partial charge in [0.15, 0.2) is 17.3 Å². The molecule has 47 heavy (non-hydrogen) atoms. The van der Waals surface area contributed by atoms with E-state index in [1.165, 1.54) is 27.7 Å². The van der Waals surface area contributed by atoms with Crippen molar-refractivity contribution in [2.24, 2.45) is 29.1 Å². The van der Waals surface area contributed by atoms with Crippen LogP contribution in [0.5, 0.6) is 0 Å². The zero-order valence-corrected chi connectivity index (χ0v) is 28.2. The fourth-order valence-electron chi connectivity index (χ4n) is 9.12. The highest BCUT2D eigenvalue weighted by atomic mass is 16.6. The standard InChI is InChI=1S/C36H44O11/c1-19-14-28-34(46-23(5)39,31(19)44-21(3)37)17-26(18-43-29(41)16-25-12-10-9-11-13-25)15-27-30-33(7,8)36(30,47-24(6)40)32(45-22(4)38)20(2)35(27,28)42/h9-15,20,27-28,30-32,42H,16-18H2,1-8H3. The van der Waals surface area contributed by atoms with Crippen LogP contribution in [0, 0.1) is 29.1 Å². The first-order valence-electron chi connectivity index (χ1n) is 15.9. The first-order valence-corrected chi connectivity index (χ1v) is 15.9. The van der Waals surface area contributed by atoms with Crippen molar-refractivity contribution in [1.29, 1.82) is 0 Å². The summed E-state index contributed by atoms with van der Waals surface area (Å²) in [5.74, 6) is -6.13. The zero-order valence-electron chi connectivity index (χ0n) is 28.2. The molecule has 9 unspecified atom stereocenters. The maximum Gasteiger partial charge on any atom is 0.310 e. The van der Waals surface area contributed by atoms with E-state index < -0.39 is 87.9 Å². The number of fused-ring (bicyclic) bond motifs is 5. The third-order valence-electron chi connectivity index (χ3n) is 10.7. The van der Waals surface area contributed by atoms with Crippen LogP contribution in [0.3, 0.4) is 0 Å². The minimum atomic E-state index is -1.79. The Kier molecular flexibility index (Phi) is 8.71. The van der Waals surface area contributed by atoms with E-state index >= 15 is 0 Å². The molecule has 4 aliphatic carbocycles. The van der Waals surface area contributed by atoms with Crippen molar-refractivity contribution in [2.75, 3.05) is 6.61 Å². The molecule has 2 saturated carbocycles. The van der Waals surface area contributed by atoms with Crippen molar-refractivity contribution in [2.45, 2.75) is 97.2 Å². The number of esters is 5. The van der Waals surface area contributed by atoms with Crippen molar-refractivity contribution in [1.82, 2.24) is 0 Å². The van der Waals surface area contributed by atoms with E-state index in [4.69, 9.17) is 23.7 Å². The lowest BCUT2D eigenvalue weighted by molar-refractivity contribution is -0.240. The number of carbonyl (C=O) groups is 5. The number of aliphatic hydroxyl groups is 1. The van der Waals surface area contributed by atoms with E-state index in [-0.39, 0.29) is 19.4 Å². The number of hydrogen-bond donors (Lipinski definition) is 1. The van der Waals surface area contributed by atoms with E-state index in [0.717, 1.165) is 5.56 Å². The molecule has 1 N–H and O–H groups in total. The van der Waals surface area contributed by atoms with Gasteiger partial charge in [0.25, 0.3) is 0 Å². The van der Waals surface area contributed by atoms with Crippen LogP contribution in [0.2, 0.25) is 0 Å². The highest BCUT2D eigenvalue weighted by molar-refractivity contribution is 5.73. The summed E-state index contributed by atoms with van der Waals surface area (Å²) in [5, 5.41) is 13.2. The Balaban J connectivity index is 1.68. The highest BCUT2D eigenvalue weighted by Gasteiger charge is 2.88. The summed E-state index contributed by atoms with van der Waals surface area (Å²) in [4.78, 5) is 63.5. The van der Waals surface area contributed by atoms with Crippen LogP contribution < -0.4 is 0 Å². The number of benzene rings is 1. The molecule has 11 nitrogen and oxygen atoms in total. The van der Waals surface area contributed by atoms with Gasteiger partial charge < -0.3 is 28.8 Å². The fourth-order valence-corrected chi connectivity index (χ4v) is 9.12. The first-order chi connectivity index (χ1) is 21.9. The number of ether oxygens (including phenoxy) is 5. The van der Waals surface area contributed by atoms with E-state index in [9.17, 15) is 29.1 Å². The molecule has 0 bridgehead atoms. The molecule has 0 aliphatic heterocycles. The second-order valence-corrected chi connectivity index (χ2v) is 14.1. The van der Waals surface area contributed by atoms with Crippen molar-refractivity contribution in [3.63, 3.8) is 0 Å². The Bertz CT molecular complexity index is 1540. The van der Waals surface area contributed by atoms with Gasteiger partial charge in [-0.2, -0.15) is 0 Å². The zero-order chi connectivity index (χ0) is 34.7. The van der Waals surface area contributed by atoms with E-state index in [1.807, 2.05) is 50.3 Å². The van der Waals surface area contributed by atoms with Gasteiger partial charge in [0.1, 0.15) is 12.7 Å². The molecule has 1 aromatic carbocycles. The van der Waals surface area contributed by atoms with Crippen molar-refractivity contribution < 1.29 is 52.8 Å². The van der Waals surface area contributed by atoms with Gasteiger partial charge in [-0.3, -0.25) is 24.0 Å². The molecule has 0 spiro atoms. The average molecular weight is 653 g/mol. The van der Waals surface area contributed by atoms with Gasteiger partial charge in [0.2, 0.25) is 0 Å². The molecule has 0 aromatic heterocycles. The summed E-state index contributed by atoms with van der Waals surface area (Å²) in [6, 6.07) is 9.13. The maximum absolute atomic E-state index is 13.2. The Morgan fingerprint density at radius 3 is 2.06 bits per heavy atom. The Hall–Kier alpha value is -3.99. The van der Waals surface area contributed by atoms with Crippen LogP contribution in [0.15, 0.2) is 53.6 Å². The summed E-state index contributed by atoms with van der Waals surface area (Å²) in [6.07, 6.45) is 1.43.